The standard InChI is InChI=1S/C17H17N3O2S/c1-20-9-8-18-16(20)15(12-3-5-14(22-2)6-4-12)19-17(21)13-7-10-23-11-13/h3-11,15H,1-2H3,(H,19,21)/t15-/m1/s1. The van der Waals surface area contributed by atoms with Crippen molar-refractivity contribution in [2.75, 3.05) is 7.11 Å². The van der Waals surface area contributed by atoms with Gasteiger partial charge in [0.25, 0.3) is 5.91 Å². The third kappa shape index (κ3) is 3.27. The van der Waals surface area contributed by atoms with Crippen molar-refractivity contribution in [3.63, 3.8) is 0 Å². The third-order valence-electron chi connectivity index (χ3n) is 3.62. The Kier molecular flexibility index (Phi) is 4.43. The summed E-state index contributed by atoms with van der Waals surface area (Å²) in [5.74, 6) is 1.44. The molecular formula is C17H17N3O2S. The van der Waals surface area contributed by atoms with Crippen molar-refractivity contribution in [2.45, 2.75) is 6.04 Å². The Bertz CT molecular complexity index is 779. The second-order valence-electron chi connectivity index (χ2n) is 5.09. The normalized spacial score (nSPS) is 11.9. The number of rotatable bonds is 5. The van der Waals surface area contributed by atoms with Gasteiger partial charge in [0.1, 0.15) is 17.6 Å². The zero-order chi connectivity index (χ0) is 16.2. The van der Waals surface area contributed by atoms with Gasteiger partial charge in [-0.2, -0.15) is 11.3 Å². The summed E-state index contributed by atoms with van der Waals surface area (Å²) < 4.78 is 7.10. The van der Waals surface area contributed by atoms with E-state index in [1.165, 1.54) is 11.3 Å². The number of thiophene rings is 1. The van der Waals surface area contributed by atoms with E-state index in [0.717, 1.165) is 17.1 Å². The molecule has 23 heavy (non-hydrogen) atoms. The van der Waals surface area contributed by atoms with Gasteiger partial charge in [-0.3, -0.25) is 4.79 Å². The van der Waals surface area contributed by atoms with Gasteiger partial charge in [0.05, 0.1) is 12.7 Å². The number of hydrogen-bond donors (Lipinski definition) is 1. The summed E-state index contributed by atoms with van der Waals surface area (Å²) in [6.45, 7) is 0. The van der Waals surface area contributed by atoms with Crippen molar-refractivity contribution in [3.8, 4) is 5.75 Å². The lowest BCUT2D eigenvalue weighted by molar-refractivity contribution is 0.0941. The van der Waals surface area contributed by atoms with Crippen LogP contribution >= 0.6 is 11.3 Å². The number of aromatic nitrogens is 2. The molecule has 2 heterocycles. The molecule has 5 nitrogen and oxygen atoms in total. The molecule has 0 saturated carbocycles. The van der Waals surface area contributed by atoms with E-state index in [1.807, 2.05) is 58.9 Å². The summed E-state index contributed by atoms with van der Waals surface area (Å²) in [6.07, 6.45) is 3.59. The lowest BCUT2D eigenvalue weighted by Gasteiger charge is -2.19. The first kappa shape index (κ1) is 15.3. The molecule has 0 saturated heterocycles. The Balaban J connectivity index is 1.93. The lowest BCUT2D eigenvalue weighted by Crippen LogP contribution is -2.30. The van der Waals surface area contributed by atoms with E-state index >= 15 is 0 Å². The van der Waals surface area contributed by atoms with Crippen molar-refractivity contribution < 1.29 is 9.53 Å². The third-order valence-corrected chi connectivity index (χ3v) is 4.31. The topological polar surface area (TPSA) is 56.1 Å². The SMILES string of the molecule is COc1ccc([C@@H](NC(=O)c2ccsc2)c2nccn2C)cc1. The molecule has 1 amide bonds. The molecule has 3 rings (SSSR count). The van der Waals surface area contributed by atoms with Crippen LogP contribution in [0.2, 0.25) is 0 Å². The van der Waals surface area contributed by atoms with E-state index in [2.05, 4.69) is 10.3 Å². The number of benzene rings is 1. The predicted molar refractivity (Wildman–Crippen MR) is 89.8 cm³/mol. The minimum absolute atomic E-state index is 0.116. The molecule has 0 fully saturated rings. The number of methoxy groups -OCH3 is 1. The van der Waals surface area contributed by atoms with Crippen molar-refractivity contribution in [1.29, 1.82) is 0 Å². The van der Waals surface area contributed by atoms with Gasteiger partial charge in [0.15, 0.2) is 0 Å². The number of hydrogen-bond acceptors (Lipinski definition) is 4. The zero-order valence-corrected chi connectivity index (χ0v) is 13.7. The number of nitrogens with one attached hydrogen (secondary N) is 1. The van der Waals surface area contributed by atoms with E-state index in [1.54, 1.807) is 13.3 Å². The Hall–Kier alpha value is -2.60. The highest BCUT2D eigenvalue weighted by atomic mass is 32.1. The molecule has 0 spiro atoms. The highest BCUT2D eigenvalue weighted by Crippen LogP contribution is 2.23. The van der Waals surface area contributed by atoms with Crippen molar-refractivity contribution >= 4 is 17.2 Å². The summed E-state index contributed by atoms with van der Waals surface area (Å²) in [5.41, 5.74) is 1.60. The fourth-order valence-electron chi connectivity index (χ4n) is 2.36. The van der Waals surface area contributed by atoms with Crippen LogP contribution in [0.4, 0.5) is 0 Å². The summed E-state index contributed by atoms with van der Waals surface area (Å²) in [7, 11) is 3.54. The first-order valence-electron chi connectivity index (χ1n) is 7.13. The van der Waals surface area contributed by atoms with Crippen molar-refractivity contribution in [3.05, 3.63) is 70.4 Å². The van der Waals surface area contributed by atoms with Gasteiger partial charge < -0.3 is 14.6 Å². The van der Waals surface area contributed by atoms with Gasteiger partial charge in [-0.25, -0.2) is 4.98 Å². The maximum atomic E-state index is 12.5. The minimum Gasteiger partial charge on any atom is -0.497 e. The summed E-state index contributed by atoms with van der Waals surface area (Å²) in [6, 6.07) is 9.11. The average Bonchev–Trinajstić information content (AvgIpc) is 3.24. The molecule has 6 heteroatoms. The molecule has 0 radical (unpaired) electrons. The van der Waals surface area contributed by atoms with E-state index in [0.29, 0.717) is 5.56 Å². The Morgan fingerprint density at radius 2 is 2.09 bits per heavy atom. The fraction of sp³-hybridized carbons (Fsp3) is 0.176. The second-order valence-corrected chi connectivity index (χ2v) is 5.87. The van der Waals surface area contributed by atoms with E-state index in [-0.39, 0.29) is 11.9 Å². The van der Waals surface area contributed by atoms with Crippen LogP contribution in [0.25, 0.3) is 0 Å². The molecule has 0 aliphatic carbocycles. The van der Waals surface area contributed by atoms with E-state index < -0.39 is 0 Å². The molecule has 1 atom stereocenters. The van der Waals surface area contributed by atoms with E-state index in [4.69, 9.17) is 4.74 Å². The van der Waals surface area contributed by atoms with Gasteiger partial charge >= 0.3 is 0 Å². The Morgan fingerprint density at radius 1 is 1.30 bits per heavy atom. The maximum absolute atomic E-state index is 12.5. The first-order chi connectivity index (χ1) is 11.2. The smallest absolute Gasteiger partial charge is 0.252 e. The van der Waals surface area contributed by atoms with Crippen molar-refractivity contribution in [2.24, 2.45) is 7.05 Å². The number of amides is 1. The van der Waals surface area contributed by atoms with Crippen LogP contribution in [0, 0.1) is 0 Å². The summed E-state index contributed by atoms with van der Waals surface area (Å²) >= 11 is 1.50. The molecule has 0 unspecified atom stereocenters. The molecule has 1 aromatic carbocycles. The molecule has 3 aromatic rings. The van der Waals surface area contributed by atoms with Gasteiger partial charge in [-0.1, -0.05) is 12.1 Å². The number of nitrogens with zero attached hydrogens (tertiary/aromatic N) is 2. The monoisotopic (exact) mass is 327 g/mol. The van der Waals surface area contributed by atoms with Gasteiger partial charge in [-0.15, -0.1) is 0 Å². The molecule has 0 bridgehead atoms. The Morgan fingerprint density at radius 3 is 2.65 bits per heavy atom. The van der Waals surface area contributed by atoms with Crippen LogP contribution in [-0.2, 0) is 7.05 Å². The van der Waals surface area contributed by atoms with Crippen LogP contribution in [0.1, 0.15) is 27.8 Å². The summed E-state index contributed by atoms with van der Waals surface area (Å²) in [5, 5.41) is 6.78. The van der Waals surface area contributed by atoms with Crippen molar-refractivity contribution in [1.82, 2.24) is 14.9 Å². The van der Waals surface area contributed by atoms with E-state index in [9.17, 15) is 4.79 Å². The number of carbonyl (C=O) groups excluding carboxylic acids is 1. The average molecular weight is 327 g/mol. The zero-order valence-electron chi connectivity index (χ0n) is 12.9. The van der Waals surface area contributed by atoms with Gasteiger partial charge in [0.2, 0.25) is 0 Å². The highest BCUT2D eigenvalue weighted by Gasteiger charge is 2.21. The first-order valence-corrected chi connectivity index (χ1v) is 8.07. The second kappa shape index (κ2) is 6.66. The fourth-order valence-corrected chi connectivity index (χ4v) is 2.99. The number of imidazole rings is 1. The van der Waals surface area contributed by atoms with Crippen LogP contribution < -0.4 is 10.1 Å². The van der Waals surface area contributed by atoms with Gasteiger partial charge in [0, 0.05) is 24.8 Å². The van der Waals surface area contributed by atoms with Crippen LogP contribution in [-0.4, -0.2) is 22.6 Å². The predicted octanol–water partition coefficient (Wildman–Crippen LogP) is 3.01. The molecule has 1 N–H and O–H groups in total. The van der Waals surface area contributed by atoms with Gasteiger partial charge in [-0.05, 0) is 29.1 Å². The number of ether oxygens (including phenoxy) is 1. The maximum Gasteiger partial charge on any atom is 0.252 e. The van der Waals surface area contributed by atoms with Crippen LogP contribution in [0.5, 0.6) is 5.75 Å². The Labute approximate surface area is 138 Å². The van der Waals surface area contributed by atoms with Crippen LogP contribution in [0.15, 0.2) is 53.5 Å². The number of carbonyl (C=O) groups is 1. The summed E-state index contributed by atoms with van der Waals surface area (Å²) in [4.78, 5) is 16.8. The molecular weight excluding hydrogens is 310 g/mol. The largest absolute Gasteiger partial charge is 0.497 e. The van der Waals surface area contributed by atoms with Crippen LogP contribution in [0.3, 0.4) is 0 Å². The molecule has 0 aliphatic heterocycles. The lowest BCUT2D eigenvalue weighted by atomic mass is 10.1. The molecule has 0 aliphatic rings. The minimum atomic E-state index is -0.326. The number of aryl methyl sites for hydroxylation is 1. The molecule has 118 valence electrons. The highest BCUT2D eigenvalue weighted by molar-refractivity contribution is 7.08. The quantitative estimate of drug-likeness (QED) is 0.784. The molecule has 2 aromatic heterocycles.